The Labute approximate surface area is 93.2 Å². The van der Waals surface area contributed by atoms with Gasteiger partial charge in [-0.1, -0.05) is 13.8 Å². The van der Waals surface area contributed by atoms with Crippen molar-refractivity contribution in [2.75, 3.05) is 26.7 Å². The molecule has 0 heterocycles. The van der Waals surface area contributed by atoms with E-state index >= 15 is 0 Å². The molecule has 0 bridgehead atoms. The van der Waals surface area contributed by atoms with Crippen molar-refractivity contribution in [3.8, 4) is 0 Å². The molecule has 0 spiro atoms. The molecule has 90 valence electrons. The van der Waals surface area contributed by atoms with Gasteiger partial charge in [0.2, 0.25) is 5.91 Å². The van der Waals surface area contributed by atoms with Gasteiger partial charge in [0.25, 0.3) is 0 Å². The number of hydrogen-bond donors (Lipinski definition) is 2. The molecule has 4 nitrogen and oxygen atoms in total. The van der Waals surface area contributed by atoms with Crippen LogP contribution in [0.2, 0.25) is 0 Å². The van der Waals surface area contributed by atoms with Crippen LogP contribution in [0.1, 0.15) is 27.2 Å². The molecule has 0 saturated heterocycles. The molecule has 1 atom stereocenters. The molecule has 0 aliphatic carbocycles. The van der Waals surface area contributed by atoms with Crippen LogP contribution in [-0.2, 0) is 4.79 Å². The third-order valence-electron chi connectivity index (χ3n) is 2.49. The summed E-state index contributed by atoms with van der Waals surface area (Å²) in [4.78, 5) is 13.3. The van der Waals surface area contributed by atoms with Crippen LogP contribution in [0.5, 0.6) is 0 Å². The Morgan fingerprint density at radius 1 is 1.47 bits per heavy atom. The fourth-order valence-electron chi connectivity index (χ4n) is 1.28. The van der Waals surface area contributed by atoms with Crippen molar-refractivity contribution in [1.82, 2.24) is 10.2 Å². The van der Waals surface area contributed by atoms with Gasteiger partial charge in [0.1, 0.15) is 0 Å². The topological polar surface area (TPSA) is 58.4 Å². The molecule has 0 saturated carbocycles. The monoisotopic (exact) mass is 215 g/mol. The van der Waals surface area contributed by atoms with E-state index in [9.17, 15) is 4.79 Å². The third-order valence-corrected chi connectivity index (χ3v) is 2.49. The minimum absolute atomic E-state index is 0.0816. The zero-order valence-electron chi connectivity index (χ0n) is 10.4. The average molecular weight is 215 g/mol. The molecule has 1 amide bonds. The largest absolute Gasteiger partial charge is 0.355 e. The molecule has 1 unspecified atom stereocenters. The number of likely N-dealkylation sites (N-methyl/N-ethyl adjacent to an activating group) is 2. The summed E-state index contributed by atoms with van der Waals surface area (Å²) < 4.78 is 0. The van der Waals surface area contributed by atoms with E-state index in [1.165, 1.54) is 0 Å². The van der Waals surface area contributed by atoms with E-state index < -0.39 is 0 Å². The number of amides is 1. The summed E-state index contributed by atoms with van der Waals surface area (Å²) in [7, 11) is 1.95. The fraction of sp³-hybridized carbons (Fsp3) is 0.909. The third kappa shape index (κ3) is 7.33. The van der Waals surface area contributed by atoms with Gasteiger partial charge < -0.3 is 11.1 Å². The van der Waals surface area contributed by atoms with Gasteiger partial charge >= 0.3 is 0 Å². The zero-order valence-corrected chi connectivity index (χ0v) is 10.4. The van der Waals surface area contributed by atoms with Gasteiger partial charge in [-0.25, -0.2) is 0 Å². The van der Waals surface area contributed by atoms with Crippen molar-refractivity contribution in [3.05, 3.63) is 0 Å². The van der Waals surface area contributed by atoms with Gasteiger partial charge in [-0.2, -0.15) is 0 Å². The molecular weight excluding hydrogens is 190 g/mol. The Kier molecular flexibility index (Phi) is 7.34. The van der Waals surface area contributed by atoms with Crippen molar-refractivity contribution in [2.24, 2.45) is 11.7 Å². The van der Waals surface area contributed by atoms with E-state index in [4.69, 9.17) is 5.73 Å². The Bertz CT molecular complexity index is 183. The van der Waals surface area contributed by atoms with Gasteiger partial charge in [0.15, 0.2) is 0 Å². The lowest BCUT2D eigenvalue weighted by molar-refractivity contribution is -0.121. The normalized spacial score (nSPS) is 13.3. The minimum atomic E-state index is 0.0816. The summed E-state index contributed by atoms with van der Waals surface area (Å²) in [6, 6.07) is 0.224. The van der Waals surface area contributed by atoms with Crippen molar-refractivity contribution < 1.29 is 4.79 Å². The average Bonchev–Trinajstić information content (AvgIpc) is 2.14. The van der Waals surface area contributed by atoms with Crippen LogP contribution >= 0.6 is 0 Å². The molecular formula is C11H25N3O. The van der Waals surface area contributed by atoms with Gasteiger partial charge in [-0.05, 0) is 32.9 Å². The van der Waals surface area contributed by atoms with Crippen LogP contribution in [-0.4, -0.2) is 43.5 Å². The first kappa shape index (κ1) is 14.4. The van der Waals surface area contributed by atoms with Crippen LogP contribution < -0.4 is 11.1 Å². The molecule has 0 aromatic heterocycles. The predicted octanol–water partition coefficient (Wildman–Crippen LogP) is 0.428. The van der Waals surface area contributed by atoms with Crippen molar-refractivity contribution in [1.29, 1.82) is 0 Å². The zero-order chi connectivity index (χ0) is 11.8. The maximum Gasteiger partial charge on any atom is 0.234 e. The summed E-state index contributed by atoms with van der Waals surface area (Å²) in [5.74, 6) is 0.584. The van der Waals surface area contributed by atoms with Crippen molar-refractivity contribution >= 4 is 5.91 Å². The minimum Gasteiger partial charge on any atom is -0.355 e. The number of carbonyl (C=O) groups is 1. The molecule has 0 fully saturated rings. The SMILES string of the molecule is CCNC(=O)CN(C)CCC(N)C(C)C. The maximum atomic E-state index is 11.2. The second-order valence-corrected chi connectivity index (χ2v) is 4.39. The maximum absolute atomic E-state index is 11.2. The van der Waals surface area contributed by atoms with E-state index in [1.54, 1.807) is 0 Å². The highest BCUT2D eigenvalue weighted by atomic mass is 16.1. The van der Waals surface area contributed by atoms with Gasteiger partial charge in [0, 0.05) is 12.6 Å². The van der Waals surface area contributed by atoms with E-state index in [0.29, 0.717) is 19.0 Å². The summed E-state index contributed by atoms with van der Waals surface area (Å²) in [6.07, 6.45) is 0.938. The molecule has 15 heavy (non-hydrogen) atoms. The first-order chi connectivity index (χ1) is 6.97. The number of carbonyl (C=O) groups excluding carboxylic acids is 1. The fourth-order valence-corrected chi connectivity index (χ4v) is 1.28. The number of hydrogen-bond acceptors (Lipinski definition) is 3. The Balaban J connectivity index is 3.65. The number of rotatable bonds is 7. The molecule has 0 radical (unpaired) electrons. The molecule has 0 aromatic rings. The van der Waals surface area contributed by atoms with E-state index in [1.807, 2.05) is 18.9 Å². The second-order valence-electron chi connectivity index (χ2n) is 4.39. The number of nitrogens with two attached hydrogens (primary N) is 1. The first-order valence-electron chi connectivity index (χ1n) is 5.68. The molecule has 4 heteroatoms. The van der Waals surface area contributed by atoms with E-state index in [-0.39, 0.29) is 11.9 Å². The van der Waals surface area contributed by atoms with E-state index in [0.717, 1.165) is 13.0 Å². The Hall–Kier alpha value is -0.610. The Morgan fingerprint density at radius 2 is 2.07 bits per heavy atom. The first-order valence-corrected chi connectivity index (χ1v) is 5.68. The highest BCUT2D eigenvalue weighted by Gasteiger charge is 2.10. The summed E-state index contributed by atoms with van der Waals surface area (Å²) in [5, 5.41) is 2.77. The predicted molar refractivity (Wildman–Crippen MR) is 63.6 cm³/mol. The standard InChI is InChI=1S/C11H25N3O/c1-5-13-11(15)8-14(4)7-6-10(12)9(2)3/h9-10H,5-8,12H2,1-4H3,(H,13,15). The number of nitrogens with one attached hydrogen (secondary N) is 1. The van der Waals surface area contributed by atoms with E-state index in [2.05, 4.69) is 19.2 Å². The highest BCUT2D eigenvalue weighted by Crippen LogP contribution is 2.03. The number of nitrogens with zero attached hydrogens (tertiary/aromatic N) is 1. The quantitative estimate of drug-likeness (QED) is 0.647. The molecule has 0 aliphatic rings. The van der Waals surface area contributed by atoms with Crippen LogP contribution in [0.4, 0.5) is 0 Å². The Morgan fingerprint density at radius 3 is 2.53 bits per heavy atom. The molecule has 0 aliphatic heterocycles. The van der Waals surface area contributed by atoms with Gasteiger partial charge in [-0.15, -0.1) is 0 Å². The smallest absolute Gasteiger partial charge is 0.234 e. The van der Waals surface area contributed by atoms with Crippen LogP contribution in [0.25, 0.3) is 0 Å². The van der Waals surface area contributed by atoms with Crippen LogP contribution in [0, 0.1) is 5.92 Å². The summed E-state index contributed by atoms with van der Waals surface area (Å²) >= 11 is 0. The van der Waals surface area contributed by atoms with Gasteiger partial charge in [0.05, 0.1) is 6.54 Å². The van der Waals surface area contributed by atoms with Gasteiger partial charge in [-0.3, -0.25) is 9.69 Å². The van der Waals surface area contributed by atoms with Crippen molar-refractivity contribution in [3.63, 3.8) is 0 Å². The molecule has 0 aromatic carbocycles. The lowest BCUT2D eigenvalue weighted by atomic mass is 10.0. The summed E-state index contributed by atoms with van der Waals surface area (Å²) in [6.45, 7) is 8.18. The summed E-state index contributed by atoms with van der Waals surface area (Å²) in [5.41, 5.74) is 5.93. The second kappa shape index (κ2) is 7.65. The van der Waals surface area contributed by atoms with Crippen molar-refractivity contribution in [2.45, 2.75) is 33.2 Å². The molecule has 0 rings (SSSR count). The van der Waals surface area contributed by atoms with Crippen LogP contribution in [0.15, 0.2) is 0 Å². The highest BCUT2D eigenvalue weighted by molar-refractivity contribution is 5.77. The lowest BCUT2D eigenvalue weighted by Gasteiger charge is -2.20. The van der Waals surface area contributed by atoms with Crippen LogP contribution in [0.3, 0.4) is 0 Å². The lowest BCUT2D eigenvalue weighted by Crippen LogP contribution is -2.38. The molecule has 3 N–H and O–H groups in total.